The van der Waals surface area contributed by atoms with Crippen LogP contribution in [0.4, 0.5) is 0 Å². The van der Waals surface area contributed by atoms with Crippen LogP contribution in [0.15, 0.2) is 141 Å². The molecule has 6 aromatic carbocycles. The van der Waals surface area contributed by atoms with Crippen molar-refractivity contribution in [2.75, 3.05) is 0 Å². The first kappa shape index (κ1) is 25.0. The molecule has 0 bridgehead atoms. The van der Waals surface area contributed by atoms with Crippen LogP contribution in [-0.4, -0.2) is 8.80 Å². The van der Waals surface area contributed by atoms with Gasteiger partial charge in [-0.05, 0) is 81.2 Å². The van der Waals surface area contributed by atoms with Crippen molar-refractivity contribution < 1.29 is 0 Å². The number of nitrogens with zero attached hydrogens (tertiary/aromatic N) is 2. The second-order valence-corrected chi connectivity index (χ2v) is 11.9. The van der Waals surface area contributed by atoms with E-state index in [1.165, 1.54) is 8.80 Å². The van der Waals surface area contributed by atoms with Crippen LogP contribution in [0, 0.1) is 0 Å². The van der Waals surface area contributed by atoms with Crippen LogP contribution >= 0.6 is 0 Å². The van der Waals surface area contributed by atoms with E-state index in [0.29, 0.717) is 32.6 Å². The monoisotopic (exact) mass is 592 g/mol. The Bertz CT molecular complexity index is 2810. The van der Waals surface area contributed by atoms with Crippen LogP contribution in [0.3, 0.4) is 0 Å². The Morgan fingerprint density at radius 2 is 0.500 bits per heavy atom. The lowest BCUT2D eigenvalue weighted by atomic mass is 9.91. The molecule has 10 rings (SSSR count). The molecule has 0 fully saturated rings. The lowest BCUT2D eigenvalue weighted by molar-refractivity contribution is 1.09. The maximum Gasteiger partial charge on any atom is 0.266 e. The Labute approximate surface area is 257 Å². The molecular formula is C40H20N2O4. The number of hydrogen-bond acceptors (Lipinski definition) is 4. The number of rotatable bonds is 1. The van der Waals surface area contributed by atoms with Crippen LogP contribution in [0.2, 0.25) is 0 Å². The zero-order valence-corrected chi connectivity index (χ0v) is 24.1. The molecule has 0 aliphatic heterocycles. The van der Waals surface area contributed by atoms with E-state index in [2.05, 4.69) is 0 Å². The number of aromatic nitrogens is 2. The zero-order valence-electron chi connectivity index (χ0n) is 24.1. The van der Waals surface area contributed by atoms with Crippen LogP contribution in [0.25, 0.3) is 86.8 Å². The number of pyridine rings is 4. The van der Waals surface area contributed by atoms with Gasteiger partial charge in [0.25, 0.3) is 22.2 Å². The summed E-state index contributed by atoms with van der Waals surface area (Å²) in [6, 6.07) is 37.8. The minimum Gasteiger partial charge on any atom is -0.268 e. The normalized spacial score (nSPS) is 12.3. The average molecular weight is 593 g/mol. The summed E-state index contributed by atoms with van der Waals surface area (Å²) in [5.41, 5.74) is 1.61. The van der Waals surface area contributed by atoms with Gasteiger partial charge < -0.3 is 0 Å². The summed E-state index contributed by atoms with van der Waals surface area (Å²) in [4.78, 5) is 55.1. The molecule has 10 aromatic rings. The molecule has 0 N–H and O–H groups in total. The van der Waals surface area contributed by atoms with E-state index in [-0.39, 0.29) is 22.2 Å². The Hall–Kier alpha value is -6.40. The Morgan fingerprint density at radius 3 is 0.739 bits per heavy atom. The van der Waals surface area contributed by atoms with Crippen molar-refractivity contribution in [3.8, 4) is 11.1 Å². The van der Waals surface area contributed by atoms with Crippen LogP contribution in [0.5, 0.6) is 0 Å². The Kier molecular flexibility index (Phi) is 4.68. The molecule has 0 radical (unpaired) electrons. The summed E-state index contributed by atoms with van der Waals surface area (Å²) < 4.78 is 2.63. The second kappa shape index (κ2) is 8.61. The molecule has 214 valence electrons. The molecule has 46 heavy (non-hydrogen) atoms. The second-order valence-electron chi connectivity index (χ2n) is 11.9. The highest BCUT2D eigenvalue weighted by atomic mass is 16.2. The SMILES string of the molecule is O=c1c2ccccc2c2cc(-c3cc4c5ccccc5c(=O)n5c(=O)c6ccccc6c(c3)c45)cc3c4ccccc4c(=O)n1c23. The van der Waals surface area contributed by atoms with Gasteiger partial charge in [0, 0.05) is 43.1 Å². The quantitative estimate of drug-likeness (QED) is 0.151. The zero-order chi connectivity index (χ0) is 30.8. The third-order valence-electron chi connectivity index (χ3n) is 9.60. The van der Waals surface area contributed by atoms with Gasteiger partial charge in [-0.1, -0.05) is 72.8 Å². The van der Waals surface area contributed by atoms with Crippen molar-refractivity contribution in [1.82, 2.24) is 8.80 Å². The molecular weight excluding hydrogens is 572 g/mol. The minimum absolute atomic E-state index is 0.336. The van der Waals surface area contributed by atoms with Crippen molar-refractivity contribution in [3.63, 3.8) is 0 Å². The third-order valence-corrected chi connectivity index (χ3v) is 9.60. The molecule has 0 spiro atoms. The van der Waals surface area contributed by atoms with Crippen LogP contribution < -0.4 is 22.2 Å². The van der Waals surface area contributed by atoms with E-state index in [0.717, 1.165) is 54.2 Å². The molecule has 0 saturated heterocycles. The van der Waals surface area contributed by atoms with Gasteiger partial charge in [0.1, 0.15) is 0 Å². The summed E-state index contributed by atoms with van der Waals surface area (Å²) in [7, 11) is 0. The first-order valence-electron chi connectivity index (χ1n) is 15.0. The van der Waals surface area contributed by atoms with Crippen molar-refractivity contribution in [2.24, 2.45) is 0 Å². The van der Waals surface area contributed by atoms with E-state index >= 15 is 0 Å². The molecule has 6 heteroatoms. The standard InChI is InChI=1S/C40H20N2O4/c43-37-27-13-5-1-9-23(27)31-17-21(18-32-24-10-2-6-14-28(24)38(44)41(37)35(31)32)22-19-33-25-11-3-7-15-29(25)39(45)42-36(33)34(20-22)26-12-4-8-16-30(26)40(42)46/h1-20H. The van der Waals surface area contributed by atoms with Crippen molar-refractivity contribution in [1.29, 1.82) is 0 Å². The fourth-order valence-electron chi connectivity index (χ4n) is 7.60. The first-order chi connectivity index (χ1) is 22.5. The van der Waals surface area contributed by atoms with Gasteiger partial charge in [-0.15, -0.1) is 0 Å². The van der Waals surface area contributed by atoms with Crippen molar-refractivity contribution >= 4 is 75.7 Å². The van der Waals surface area contributed by atoms with Gasteiger partial charge in [-0.25, -0.2) is 8.80 Å². The van der Waals surface area contributed by atoms with E-state index in [1.54, 1.807) is 24.3 Å². The van der Waals surface area contributed by atoms with Gasteiger partial charge in [0.05, 0.1) is 11.0 Å². The highest BCUT2D eigenvalue weighted by Crippen LogP contribution is 2.39. The molecule has 6 nitrogen and oxygen atoms in total. The topological polar surface area (TPSA) is 77.1 Å². The molecule has 0 unspecified atom stereocenters. The minimum atomic E-state index is -0.336. The molecule has 0 atom stereocenters. The molecule has 0 amide bonds. The van der Waals surface area contributed by atoms with Gasteiger partial charge in [-0.2, -0.15) is 0 Å². The predicted molar refractivity (Wildman–Crippen MR) is 186 cm³/mol. The van der Waals surface area contributed by atoms with Gasteiger partial charge in [-0.3, -0.25) is 19.2 Å². The number of fused-ring (bicyclic) bond motifs is 8. The van der Waals surface area contributed by atoms with Crippen molar-refractivity contribution in [2.45, 2.75) is 0 Å². The summed E-state index contributed by atoms with van der Waals surface area (Å²) in [6.45, 7) is 0. The van der Waals surface area contributed by atoms with Gasteiger partial charge >= 0.3 is 0 Å². The highest BCUT2D eigenvalue weighted by molar-refractivity contribution is 6.22. The average Bonchev–Trinajstić information content (AvgIpc) is 3.10. The lowest BCUT2D eigenvalue weighted by Gasteiger charge is -2.17. The van der Waals surface area contributed by atoms with Crippen LogP contribution in [0.1, 0.15) is 0 Å². The third kappa shape index (κ3) is 3.00. The summed E-state index contributed by atoms with van der Waals surface area (Å²) >= 11 is 0. The largest absolute Gasteiger partial charge is 0.268 e. The van der Waals surface area contributed by atoms with Crippen LogP contribution in [-0.2, 0) is 0 Å². The molecule has 0 aliphatic carbocycles. The maximum atomic E-state index is 13.8. The van der Waals surface area contributed by atoms with Gasteiger partial charge in [0.15, 0.2) is 0 Å². The summed E-state index contributed by atoms with van der Waals surface area (Å²) in [6.07, 6.45) is 0. The summed E-state index contributed by atoms with van der Waals surface area (Å²) in [5.74, 6) is 0. The molecule has 0 aliphatic rings. The molecule has 4 heterocycles. The van der Waals surface area contributed by atoms with E-state index in [4.69, 9.17) is 0 Å². The predicted octanol–water partition coefficient (Wildman–Crippen LogP) is 7.09. The summed E-state index contributed by atoms with van der Waals surface area (Å²) in [5, 5.41) is 8.16. The number of hydrogen-bond donors (Lipinski definition) is 0. The first-order valence-corrected chi connectivity index (χ1v) is 15.0. The van der Waals surface area contributed by atoms with Gasteiger partial charge in [0.2, 0.25) is 0 Å². The lowest BCUT2D eigenvalue weighted by Crippen LogP contribution is -2.27. The van der Waals surface area contributed by atoms with E-state index in [9.17, 15) is 19.2 Å². The van der Waals surface area contributed by atoms with Crippen molar-refractivity contribution in [3.05, 3.63) is 163 Å². The van der Waals surface area contributed by atoms with E-state index < -0.39 is 0 Å². The molecule has 4 aromatic heterocycles. The highest BCUT2D eigenvalue weighted by Gasteiger charge is 2.21. The number of benzene rings is 6. The maximum absolute atomic E-state index is 13.8. The Morgan fingerprint density at radius 1 is 0.283 bits per heavy atom. The van der Waals surface area contributed by atoms with E-state index in [1.807, 2.05) is 97.1 Å². The fourth-order valence-corrected chi connectivity index (χ4v) is 7.60. The fraction of sp³-hybridized carbons (Fsp3) is 0. The molecule has 0 saturated carbocycles. The smallest absolute Gasteiger partial charge is 0.266 e. The Balaban J connectivity index is 1.47.